The van der Waals surface area contributed by atoms with Crippen molar-refractivity contribution in [1.29, 1.82) is 0 Å². The number of rotatable bonds is 67. The van der Waals surface area contributed by atoms with E-state index in [1.807, 2.05) is 6.08 Å². The zero-order valence-corrected chi connectivity index (χ0v) is 52.5. The van der Waals surface area contributed by atoms with Gasteiger partial charge in [0, 0.05) is 12.8 Å². The number of hydrogen-bond acceptors (Lipinski definition) is 5. The average molecular weight is 1090 g/mol. The molecule has 0 saturated heterocycles. The zero-order chi connectivity index (χ0) is 55.7. The Morgan fingerprint density at radius 2 is 0.597 bits per heavy atom. The summed E-state index contributed by atoms with van der Waals surface area (Å²) < 4.78 is 5.51. The van der Waals surface area contributed by atoms with Gasteiger partial charge < -0.3 is 20.3 Å². The minimum atomic E-state index is -0.840. The van der Waals surface area contributed by atoms with Crippen molar-refractivity contribution in [1.82, 2.24) is 5.32 Å². The molecule has 0 aliphatic rings. The fraction of sp³-hybridized carbons (Fsp3) is 0.944. The second-order valence-electron chi connectivity index (χ2n) is 24.6. The van der Waals surface area contributed by atoms with Crippen LogP contribution in [0.4, 0.5) is 0 Å². The Labute approximate surface area is 482 Å². The second-order valence-corrected chi connectivity index (χ2v) is 24.6. The monoisotopic (exact) mass is 1090 g/mol. The molecule has 77 heavy (non-hydrogen) atoms. The lowest BCUT2D eigenvalue weighted by Crippen LogP contribution is -2.45. The third kappa shape index (κ3) is 63.6. The zero-order valence-electron chi connectivity index (χ0n) is 52.5. The molecule has 0 aliphatic heterocycles. The molecule has 458 valence electrons. The molecule has 0 rings (SSSR count). The molecular weight excluding hydrogens is 947 g/mol. The predicted molar refractivity (Wildman–Crippen MR) is 338 cm³/mol. The SMILES string of the molecule is CCCCCCCCCCCCC/C=C/C(O)C(CO)NC(=O)CCCCCCCCCCCCCCCCCCCCCCCCCCCCCCCOC(=O)CCCCCCCCCCCCCCCCCCCC. The Bertz CT molecular complexity index is 1160. The Morgan fingerprint density at radius 1 is 0.351 bits per heavy atom. The summed E-state index contributed by atoms with van der Waals surface area (Å²) in [5, 5.41) is 23.1. The van der Waals surface area contributed by atoms with Crippen LogP contribution in [0.5, 0.6) is 0 Å². The number of allylic oxidation sites excluding steroid dienone is 1. The van der Waals surface area contributed by atoms with Gasteiger partial charge in [0.2, 0.25) is 5.91 Å². The van der Waals surface area contributed by atoms with Gasteiger partial charge in [0.1, 0.15) is 0 Å². The summed E-state index contributed by atoms with van der Waals surface area (Å²) in [6, 6.07) is -0.623. The van der Waals surface area contributed by atoms with E-state index >= 15 is 0 Å². The Kier molecular flexibility index (Phi) is 65.9. The van der Waals surface area contributed by atoms with E-state index < -0.39 is 12.1 Å². The molecule has 0 heterocycles. The summed E-state index contributed by atoms with van der Waals surface area (Å²) >= 11 is 0. The van der Waals surface area contributed by atoms with E-state index in [1.165, 1.54) is 340 Å². The molecule has 2 unspecified atom stereocenters. The highest BCUT2D eigenvalue weighted by Gasteiger charge is 2.18. The molecule has 2 atom stereocenters. The number of carbonyl (C=O) groups is 2. The Morgan fingerprint density at radius 3 is 0.883 bits per heavy atom. The van der Waals surface area contributed by atoms with Crippen LogP contribution in [-0.4, -0.2) is 47.4 Å². The predicted octanol–water partition coefficient (Wildman–Crippen LogP) is 22.8. The normalized spacial score (nSPS) is 12.5. The Balaban J connectivity index is 3.31. The molecule has 0 aromatic rings. The Hall–Kier alpha value is -1.40. The number of carbonyl (C=O) groups excluding carboxylic acids is 2. The van der Waals surface area contributed by atoms with Crippen molar-refractivity contribution in [3.63, 3.8) is 0 Å². The third-order valence-electron chi connectivity index (χ3n) is 16.8. The largest absolute Gasteiger partial charge is 0.466 e. The maximum absolute atomic E-state index is 12.5. The summed E-state index contributed by atoms with van der Waals surface area (Å²) in [4.78, 5) is 24.6. The van der Waals surface area contributed by atoms with E-state index in [2.05, 4.69) is 19.2 Å². The number of nitrogens with one attached hydrogen (secondary N) is 1. The number of unbranched alkanes of at least 4 members (excludes halogenated alkanes) is 56. The second kappa shape index (κ2) is 67.1. The van der Waals surface area contributed by atoms with Crippen LogP contribution < -0.4 is 5.32 Å². The summed E-state index contributed by atoms with van der Waals surface area (Å²) in [7, 11) is 0. The first-order chi connectivity index (χ1) is 38.0. The van der Waals surface area contributed by atoms with Crippen LogP contribution in [0.2, 0.25) is 0 Å². The van der Waals surface area contributed by atoms with Gasteiger partial charge in [-0.05, 0) is 32.1 Å². The quantitative estimate of drug-likeness (QED) is 0.0320. The van der Waals surface area contributed by atoms with E-state index in [9.17, 15) is 19.8 Å². The van der Waals surface area contributed by atoms with Crippen molar-refractivity contribution in [3.05, 3.63) is 12.2 Å². The minimum absolute atomic E-state index is 0.0244. The van der Waals surface area contributed by atoms with Gasteiger partial charge in [-0.2, -0.15) is 0 Å². The van der Waals surface area contributed by atoms with E-state index in [0.29, 0.717) is 19.4 Å². The van der Waals surface area contributed by atoms with E-state index in [-0.39, 0.29) is 18.5 Å². The lowest BCUT2D eigenvalue weighted by molar-refractivity contribution is -0.143. The third-order valence-corrected chi connectivity index (χ3v) is 16.8. The molecule has 1 amide bonds. The highest BCUT2D eigenvalue weighted by Crippen LogP contribution is 2.19. The van der Waals surface area contributed by atoms with Gasteiger partial charge in [0.25, 0.3) is 0 Å². The molecule has 0 fully saturated rings. The van der Waals surface area contributed by atoms with Gasteiger partial charge in [-0.15, -0.1) is 0 Å². The maximum Gasteiger partial charge on any atom is 0.305 e. The fourth-order valence-electron chi connectivity index (χ4n) is 11.4. The molecule has 0 aromatic carbocycles. The number of esters is 1. The molecule has 0 bridgehead atoms. The minimum Gasteiger partial charge on any atom is -0.466 e. The van der Waals surface area contributed by atoms with E-state index in [4.69, 9.17) is 4.74 Å². The highest BCUT2D eigenvalue weighted by atomic mass is 16.5. The molecule has 0 spiro atoms. The van der Waals surface area contributed by atoms with E-state index in [0.717, 1.165) is 38.5 Å². The van der Waals surface area contributed by atoms with Crippen LogP contribution in [0.3, 0.4) is 0 Å². The van der Waals surface area contributed by atoms with Gasteiger partial charge in [-0.25, -0.2) is 0 Å². The molecule has 3 N–H and O–H groups in total. The van der Waals surface area contributed by atoms with Gasteiger partial charge >= 0.3 is 5.97 Å². The summed E-state index contributed by atoms with van der Waals surface area (Å²) in [5.74, 6) is -0.0379. The van der Waals surface area contributed by atoms with Crippen molar-refractivity contribution < 1.29 is 24.5 Å². The summed E-state index contributed by atoms with van der Waals surface area (Å²) in [6.07, 6.45) is 83.0. The first kappa shape index (κ1) is 75.6. The topological polar surface area (TPSA) is 95.9 Å². The van der Waals surface area contributed by atoms with Gasteiger partial charge in [-0.3, -0.25) is 9.59 Å². The first-order valence-electron chi connectivity index (χ1n) is 35.5. The van der Waals surface area contributed by atoms with Crippen molar-refractivity contribution in [2.45, 2.75) is 418 Å². The maximum atomic E-state index is 12.5. The van der Waals surface area contributed by atoms with Crippen LogP contribution in [0.15, 0.2) is 12.2 Å². The highest BCUT2D eigenvalue weighted by molar-refractivity contribution is 5.76. The molecule has 6 heteroatoms. The van der Waals surface area contributed by atoms with Crippen LogP contribution in [-0.2, 0) is 14.3 Å². The van der Waals surface area contributed by atoms with E-state index in [1.54, 1.807) is 6.08 Å². The fourth-order valence-corrected chi connectivity index (χ4v) is 11.4. The van der Waals surface area contributed by atoms with Gasteiger partial charge in [-0.1, -0.05) is 373 Å². The number of aliphatic hydroxyl groups excluding tert-OH is 2. The van der Waals surface area contributed by atoms with Crippen molar-refractivity contribution in [3.8, 4) is 0 Å². The molecule has 0 radical (unpaired) electrons. The standard InChI is InChI=1S/C71H139NO5/c1-3-5-7-9-11-13-15-17-18-19-34-37-41-45-49-53-57-61-65-71(76)77-66-62-58-54-50-46-42-38-35-32-30-28-26-24-22-20-21-23-25-27-29-31-33-36-40-44-48-52-56-60-64-70(75)72-68(67-73)69(74)63-59-55-51-47-43-39-16-14-12-10-8-6-4-2/h59,63,68-69,73-74H,3-58,60-62,64-67H2,1-2H3,(H,72,75)/b63-59+. The molecule has 0 saturated carbocycles. The van der Waals surface area contributed by atoms with Crippen LogP contribution in [0.1, 0.15) is 406 Å². The number of ether oxygens (including phenoxy) is 1. The summed E-state index contributed by atoms with van der Waals surface area (Å²) in [5.41, 5.74) is 0. The van der Waals surface area contributed by atoms with Gasteiger partial charge in [0.15, 0.2) is 0 Å². The average Bonchev–Trinajstić information content (AvgIpc) is 3.43. The lowest BCUT2D eigenvalue weighted by atomic mass is 10.0. The number of aliphatic hydroxyl groups is 2. The number of amides is 1. The first-order valence-corrected chi connectivity index (χ1v) is 35.5. The smallest absolute Gasteiger partial charge is 0.305 e. The van der Waals surface area contributed by atoms with Gasteiger partial charge in [0.05, 0.1) is 25.4 Å². The van der Waals surface area contributed by atoms with Crippen LogP contribution in [0, 0.1) is 0 Å². The van der Waals surface area contributed by atoms with Crippen molar-refractivity contribution in [2.75, 3.05) is 13.2 Å². The molecule has 0 aliphatic carbocycles. The molecule has 0 aromatic heterocycles. The molecule has 6 nitrogen and oxygen atoms in total. The lowest BCUT2D eigenvalue weighted by Gasteiger charge is -2.20. The van der Waals surface area contributed by atoms with Crippen LogP contribution >= 0.6 is 0 Å². The van der Waals surface area contributed by atoms with Crippen molar-refractivity contribution >= 4 is 11.9 Å². The number of hydrogen-bond donors (Lipinski definition) is 3. The summed E-state index contributed by atoms with van der Waals surface area (Å²) in [6.45, 7) is 4.94. The van der Waals surface area contributed by atoms with Crippen molar-refractivity contribution in [2.24, 2.45) is 0 Å². The molecular formula is C71H139NO5. The van der Waals surface area contributed by atoms with Crippen LogP contribution in [0.25, 0.3) is 0 Å².